The summed E-state index contributed by atoms with van der Waals surface area (Å²) in [4.78, 5) is 12.2. The summed E-state index contributed by atoms with van der Waals surface area (Å²) in [5, 5.41) is 0. The van der Waals surface area contributed by atoms with Gasteiger partial charge in [-0.2, -0.15) is 0 Å². The van der Waals surface area contributed by atoms with E-state index in [2.05, 4.69) is 6.92 Å². The number of carbonyl (C=O) groups excluding carboxylic acids is 1. The van der Waals surface area contributed by atoms with E-state index in [1.807, 2.05) is 0 Å². The van der Waals surface area contributed by atoms with E-state index in [0.717, 1.165) is 13.0 Å². The highest BCUT2D eigenvalue weighted by Crippen LogP contribution is 2.06. The molecule has 0 aliphatic carbocycles. The Hall–Kier alpha value is -0.730. The Labute approximate surface area is 87.6 Å². The van der Waals surface area contributed by atoms with Gasteiger partial charge < -0.3 is 10.6 Å². The number of urea groups is 1. The van der Waals surface area contributed by atoms with Gasteiger partial charge in [-0.25, -0.2) is 4.79 Å². The second-order valence-corrected chi connectivity index (χ2v) is 3.88. The van der Waals surface area contributed by atoms with Gasteiger partial charge in [0.25, 0.3) is 0 Å². The van der Waals surface area contributed by atoms with Crippen LogP contribution in [0, 0.1) is 0 Å². The molecule has 0 spiro atoms. The van der Waals surface area contributed by atoms with E-state index in [1.165, 1.54) is 38.5 Å². The molecule has 0 aliphatic heterocycles. The molecule has 0 aliphatic rings. The van der Waals surface area contributed by atoms with Gasteiger partial charge in [0.2, 0.25) is 0 Å². The van der Waals surface area contributed by atoms with E-state index in [4.69, 9.17) is 5.73 Å². The number of amides is 2. The van der Waals surface area contributed by atoms with Crippen molar-refractivity contribution >= 4 is 6.03 Å². The molecule has 0 aromatic carbocycles. The quantitative estimate of drug-likeness (QED) is 0.602. The lowest BCUT2D eigenvalue weighted by Gasteiger charge is -2.13. The first-order valence-electron chi connectivity index (χ1n) is 5.69. The van der Waals surface area contributed by atoms with Crippen molar-refractivity contribution in [3.05, 3.63) is 0 Å². The van der Waals surface area contributed by atoms with Crippen LogP contribution in [0.2, 0.25) is 0 Å². The molecule has 0 bridgehead atoms. The van der Waals surface area contributed by atoms with Crippen molar-refractivity contribution in [2.45, 2.75) is 51.9 Å². The smallest absolute Gasteiger partial charge is 0.314 e. The van der Waals surface area contributed by atoms with Crippen molar-refractivity contribution < 1.29 is 4.79 Å². The molecule has 14 heavy (non-hydrogen) atoms. The molecular formula is C11H24N2O. The van der Waals surface area contributed by atoms with Crippen molar-refractivity contribution in [3.8, 4) is 0 Å². The molecule has 0 heterocycles. The van der Waals surface area contributed by atoms with E-state index < -0.39 is 0 Å². The highest BCUT2D eigenvalue weighted by atomic mass is 16.2. The van der Waals surface area contributed by atoms with Crippen LogP contribution in [0.15, 0.2) is 0 Å². The number of primary amides is 1. The number of rotatable bonds is 8. The Bertz CT molecular complexity index is 148. The largest absolute Gasteiger partial charge is 0.351 e. The monoisotopic (exact) mass is 200 g/mol. The Morgan fingerprint density at radius 1 is 1.07 bits per heavy atom. The minimum atomic E-state index is -0.323. The van der Waals surface area contributed by atoms with Crippen molar-refractivity contribution in [1.82, 2.24) is 4.90 Å². The van der Waals surface area contributed by atoms with E-state index in [-0.39, 0.29) is 6.03 Å². The number of hydrogen-bond donors (Lipinski definition) is 1. The zero-order chi connectivity index (χ0) is 10.8. The third kappa shape index (κ3) is 7.90. The van der Waals surface area contributed by atoms with Crippen molar-refractivity contribution in [2.75, 3.05) is 13.6 Å². The fourth-order valence-corrected chi connectivity index (χ4v) is 1.42. The van der Waals surface area contributed by atoms with Crippen molar-refractivity contribution in [2.24, 2.45) is 5.73 Å². The van der Waals surface area contributed by atoms with Gasteiger partial charge in [0.15, 0.2) is 0 Å². The summed E-state index contributed by atoms with van der Waals surface area (Å²) < 4.78 is 0. The summed E-state index contributed by atoms with van der Waals surface area (Å²) in [6.45, 7) is 3.02. The maximum Gasteiger partial charge on any atom is 0.314 e. The lowest BCUT2D eigenvalue weighted by atomic mass is 10.1. The van der Waals surface area contributed by atoms with Gasteiger partial charge in [-0.3, -0.25) is 0 Å². The number of unbranched alkanes of at least 4 members (excludes halogenated alkanes) is 6. The molecule has 0 fully saturated rings. The van der Waals surface area contributed by atoms with Crippen LogP contribution in [0.1, 0.15) is 51.9 Å². The summed E-state index contributed by atoms with van der Waals surface area (Å²) >= 11 is 0. The highest BCUT2D eigenvalue weighted by molar-refractivity contribution is 5.71. The number of nitrogens with two attached hydrogens (primary N) is 1. The Kier molecular flexibility index (Phi) is 8.39. The average molecular weight is 200 g/mol. The second kappa shape index (κ2) is 8.85. The van der Waals surface area contributed by atoms with Crippen LogP contribution < -0.4 is 5.73 Å². The fourth-order valence-electron chi connectivity index (χ4n) is 1.42. The highest BCUT2D eigenvalue weighted by Gasteiger charge is 2.00. The first-order valence-corrected chi connectivity index (χ1v) is 5.69. The van der Waals surface area contributed by atoms with Crippen molar-refractivity contribution in [3.63, 3.8) is 0 Å². The second-order valence-electron chi connectivity index (χ2n) is 3.88. The molecule has 0 radical (unpaired) electrons. The van der Waals surface area contributed by atoms with Crippen LogP contribution in [-0.2, 0) is 0 Å². The molecule has 0 rings (SSSR count). The predicted molar refractivity (Wildman–Crippen MR) is 60.2 cm³/mol. The zero-order valence-electron chi connectivity index (χ0n) is 9.59. The molecule has 0 aromatic heterocycles. The van der Waals surface area contributed by atoms with Crippen LogP contribution >= 0.6 is 0 Å². The van der Waals surface area contributed by atoms with Gasteiger partial charge in [0.1, 0.15) is 0 Å². The Balaban J connectivity index is 3.09. The molecule has 2 amide bonds. The van der Waals surface area contributed by atoms with Crippen LogP contribution in [-0.4, -0.2) is 24.5 Å². The van der Waals surface area contributed by atoms with E-state index in [1.54, 1.807) is 11.9 Å². The van der Waals surface area contributed by atoms with Crippen LogP contribution in [0.3, 0.4) is 0 Å². The number of carbonyl (C=O) groups is 1. The minimum Gasteiger partial charge on any atom is -0.351 e. The SMILES string of the molecule is CCCCCCCCCN(C)C(N)=O. The van der Waals surface area contributed by atoms with E-state index in [9.17, 15) is 4.79 Å². The molecule has 0 aromatic rings. The normalized spacial score (nSPS) is 10.1. The molecule has 84 valence electrons. The van der Waals surface area contributed by atoms with Gasteiger partial charge in [-0.05, 0) is 6.42 Å². The van der Waals surface area contributed by atoms with Gasteiger partial charge in [0.05, 0.1) is 0 Å². The third-order valence-corrected chi connectivity index (χ3v) is 2.47. The zero-order valence-corrected chi connectivity index (χ0v) is 9.59. The summed E-state index contributed by atoms with van der Waals surface area (Å²) in [5.74, 6) is 0. The average Bonchev–Trinajstić information content (AvgIpc) is 2.16. The molecule has 3 heteroatoms. The molecule has 0 saturated carbocycles. The maximum atomic E-state index is 10.7. The summed E-state index contributed by atoms with van der Waals surface area (Å²) in [6, 6.07) is -0.323. The van der Waals surface area contributed by atoms with E-state index >= 15 is 0 Å². The summed E-state index contributed by atoms with van der Waals surface area (Å²) in [7, 11) is 1.75. The Morgan fingerprint density at radius 3 is 2.07 bits per heavy atom. The van der Waals surface area contributed by atoms with Gasteiger partial charge >= 0.3 is 6.03 Å². The van der Waals surface area contributed by atoms with Gasteiger partial charge in [0, 0.05) is 13.6 Å². The van der Waals surface area contributed by atoms with Gasteiger partial charge in [-0.1, -0.05) is 45.4 Å². The lowest BCUT2D eigenvalue weighted by molar-refractivity contribution is 0.217. The van der Waals surface area contributed by atoms with Crippen LogP contribution in [0.4, 0.5) is 4.79 Å². The van der Waals surface area contributed by atoms with Crippen LogP contribution in [0.25, 0.3) is 0 Å². The van der Waals surface area contributed by atoms with Crippen LogP contribution in [0.5, 0.6) is 0 Å². The fraction of sp³-hybridized carbons (Fsp3) is 0.909. The predicted octanol–water partition coefficient (Wildman–Crippen LogP) is 2.75. The van der Waals surface area contributed by atoms with E-state index in [0.29, 0.717) is 0 Å². The molecular weight excluding hydrogens is 176 g/mol. The minimum absolute atomic E-state index is 0.323. The first-order chi connectivity index (χ1) is 6.68. The molecule has 0 unspecified atom stereocenters. The number of nitrogens with zero attached hydrogens (tertiary/aromatic N) is 1. The third-order valence-electron chi connectivity index (χ3n) is 2.47. The maximum absolute atomic E-state index is 10.7. The molecule has 2 N–H and O–H groups in total. The van der Waals surface area contributed by atoms with Crippen molar-refractivity contribution in [1.29, 1.82) is 0 Å². The molecule has 3 nitrogen and oxygen atoms in total. The lowest BCUT2D eigenvalue weighted by Crippen LogP contribution is -2.32. The summed E-state index contributed by atoms with van der Waals surface area (Å²) in [6.07, 6.45) is 8.89. The Morgan fingerprint density at radius 2 is 1.57 bits per heavy atom. The number of hydrogen-bond acceptors (Lipinski definition) is 1. The molecule has 0 atom stereocenters. The standard InChI is InChI=1S/C11H24N2O/c1-3-4-5-6-7-8-9-10-13(2)11(12)14/h3-10H2,1-2H3,(H2,12,14). The van der Waals surface area contributed by atoms with Gasteiger partial charge in [-0.15, -0.1) is 0 Å². The summed E-state index contributed by atoms with van der Waals surface area (Å²) in [5.41, 5.74) is 5.10. The first kappa shape index (κ1) is 13.3. The topological polar surface area (TPSA) is 46.3 Å². The molecule has 0 saturated heterocycles.